The van der Waals surface area contributed by atoms with Gasteiger partial charge in [0, 0.05) is 48.8 Å². The second-order valence-corrected chi connectivity index (χ2v) is 9.54. The van der Waals surface area contributed by atoms with Crippen LogP contribution in [-0.4, -0.2) is 47.6 Å². The zero-order valence-electron chi connectivity index (χ0n) is 17.7. The highest BCUT2D eigenvalue weighted by Crippen LogP contribution is 2.25. The van der Waals surface area contributed by atoms with Crippen molar-refractivity contribution in [2.75, 3.05) is 23.7 Å². The molecule has 0 saturated carbocycles. The van der Waals surface area contributed by atoms with Gasteiger partial charge in [-0.1, -0.05) is 12.1 Å². The van der Waals surface area contributed by atoms with Gasteiger partial charge in [-0.05, 0) is 55.3 Å². The molecule has 1 aliphatic rings. The van der Waals surface area contributed by atoms with Crippen LogP contribution >= 0.6 is 0 Å². The lowest BCUT2D eigenvalue weighted by Crippen LogP contribution is -2.41. The van der Waals surface area contributed by atoms with Crippen molar-refractivity contribution in [3.63, 3.8) is 0 Å². The molecule has 2 amide bonds. The number of carbonyl (C=O) groups excluding carboxylic acids is 2. The van der Waals surface area contributed by atoms with Crippen LogP contribution in [0.1, 0.15) is 23.2 Å². The van der Waals surface area contributed by atoms with Crippen LogP contribution in [0.4, 0.5) is 11.5 Å². The molecule has 33 heavy (non-hydrogen) atoms. The van der Waals surface area contributed by atoms with E-state index in [1.165, 1.54) is 22.8 Å². The van der Waals surface area contributed by atoms with Gasteiger partial charge in [-0.2, -0.15) is 4.31 Å². The molecule has 9 nitrogen and oxygen atoms in total. The third-order valence-corrected chi connectivity index (χ3v) is 7.28. The average Bonchev–Trinajstić information content (AvgIpc) is 2.85. The number of benzene rings is 1. The number of aromatic nitrogens is 2. The minimum absolute atomic E-state index is 0.147. The Hall–Kier alpha value is -3.63. The second-order valence-electron chi connectivity index (χ2n) is 7.61. The van der Waals surface area contributed by atoms with Gasteiger partial charge < -0.3 is 10.6 Å². The molecule has 0 spiro atoms. The Morgan fingerprint density at radius 3 is 2.45 bits per heavy atom. The smallest absolute Gasteiger partial charge is 0.256 e. The molecule has 0 atom stereocenters. The molecule has 0 bridgehead atoms. The molecule has 0 unspecified atom stereocenters. The van der Waals surface area contributed by atoms with Gasteiger partial charge in [0.05, 0.1) is 0 Å². The summed E-state index contributed by atoms with van der Waals surface area (Å²) < 4.78 is 26.8. The number of rotatable bonds is 6. The zero-order valence-corrected chi connectivity index (χ0v) is 18.5. The Bertz CT molecular complexity index is 1230. The summed E-state index contributed by atoms with van der Waals surface area (Å²) in [6, 6.07) is 14.9. The van der Waals surface area contributed by atoms with Crippen molar-refractivity contribution in [2.24, 2.45) is 5.92 Å². The van der Waals surface area contributed by atoms with E-state index in [-0.39, 0.29) is 35.7 Å². The van der Waals surface area contributed by atoms with E-state index in [1.807, 2.05) is 0 Å². The van der Waals surface area contributed by atoms with E-state index in [0.717, 1.165) is 0 Å². The monoisotopic (exact) mass is 465 g/mol. The van der Waals surface area contributed by atoms with Gasteiger partial charge in [-0.3, -0.25) is 14.6 Å². The number of nitrogens with one attached hydrogen (secondary N) is 2. The largest absolute Gasteiger partial charge is 0.326 e. The lowest BCUT2D eigenvalue weighted by molar-refractivity contribution is -0.120. The SMILES string of the molecule is O=C(Nc1ccccn1)c1cccc(NC(=O)C2CCN(S(=O)(=O)c3cccnc3)CC2)c1. The highest BCUT2D eigenvalue weighted by molar-refractivity contribution is 7.89. The fraction of sp³-hybridized carbons (Fsp3) is 0.217. The van der Waals surface area contributed by atoms with Gasteiger partial charge in [0.25, 0.3) is 5.91 Å². The summed E-state index contributed by atoms with van der Waals surface area (Å²) in [5.74, 6) is -0.421. The maximum atomic E-state index is 12.8. The van der Waals surface area contributed by atoms with Crippen LogP contribution in [-0.2, 0) is 14.8 Å². The van der Waals surface area contributed by atoms with E-state index in [1.54, 1.807) is 54.7 Å². The van der Waals surface area contributed by atoms with Crippen LogP contribution in [0.15, 0.2) is 78.1 Å². The highest BCUT2D eigenvalue weighted by atomic mass is 32.2. The Balaban J connectivity index is 1.35. The summed E-state index contributed by atoms with van der Waals surface area (Å²) in [5.41, 5.74) is 0.884. The molecule has 2 aromatic heterocycles. The first-order valence-electron chi connectivity index (χ1n) is 10.5. The van der Waals surface area contributed by atoms with Gasteiger partial charge in [-0.25, -0.2) is 13.4 Å². The van der Waals surface area contributed by atoms with Crippen molar-refractivity contribution in [2.45, 2.75) is 17.7 Å². The quantitative estimate of drug-likeness (QED) is 0.577. The molecule has 0 aliphatic carbocycles. The fourth-order valence-corrected chi connectivity index (χ4v) is 5.05. The van der Waals surface area contributed by atoms with Gasteiger partial charge >= 0.3 is 0 Å². The highest BCUT2D eigenvalue weighted by Gasteiger charge is 2.32. The number of amides is 2. The topological polar surface area (TPSA) is 121 Å². The summed E-state index contributed by atoms with van der Waals surface area (Å²) in [6.45, 7) is 0.504. The molecule has 3 heterocycles. The number of piperidine rings is 1. The number of nitrogens with zero attached hydrogens (tertiary/aromatic N) is 3. The third-order valence-electron chi connectivity index (χ3n) is 5.40. The summed E-state index contributed by atoms with van der Waals surface area (Å²) >= 11 is 0. The Morgan fingerprint density at radius 1 is 0.939 bits per heavy atom. The molecular weight excluding hydrogens is 442 g/mol. The molecule has 2 N–H and O–H groups in total. The molecule has 1 saturated heterocycles. The van der Waals surface area contributed by atoms with Crippen molar-refractivity contribution in [1.82, 2.24) is 14.3 Å². The lowest BCUT2D eigenvalue weighted by Gasteiger charge is -2.30. The van der Waals surface area contributed by atoms with Crippen molar-refractivity contribution in [3.8, 4) is 0 Å². The Morgan fingerprint density at radius 2 is 1.76 bits per heavy atom. The number of pyridine rings is 2. The van der Waals surface area contributed by atoms with E-state index in [9.17, 15) is 18.0 Å². The van der Waals surface area contributed by atoms with Crippen LogP contribution in [0.3, 0.4) is 0 Å². The first-order valence-corrected chi connectivity index (χ1v) is 11.9. The van der Waals surface area contributed by atoms with Crippen molar-refractivity contribution in [1.29, 1.82) is 0 Å². The maximum absolute atomic E-state index is 12.8. The maximum Gasteiger partial charge on any atom is 0.256 e. The molecular formula is C23H23N5O4S. The van der Waals surface area contributed by atoms with Crippen LogP contribution < -0.4 is 10.6 Å². The zero-order chi connectivity index (χ0) is 23.3. The normalized spacial score (nSPS) is 15.0. The van der Waals surface area contributed by atoms with Crippen LogP contribution in [0, 0.1) is 5.92 Å². The van der Waals surface area contributed by atoms with Gasteiger partial charge in [-0.15, -0.1) is 0 Å². The molecule has 1 fully saturated rings. The minimum atomic E-state index is -3.62. The van der Waals surface area contributed by atoms with E-state index in [0.29, 0.717) is 29.9 Å². The number of hydrogen-bond donors (Lipinski definition) is 2. The number of hydrogen-bond acceptors (Lipinski definition) is 6. The van der Waals surface area contributed by atoms with Gasteiger partial charge in [0.15, 0.2) is 0 Å². The second kappa shape index (κ2) is 9.88. The molecule has 170 valence electrons. The Labute approximate surface area is 191 Å². The van der Waals surface area contributed by atoms with Crippen molar-refractivity contribution < 1.29 is 18.0 Å². The summed E-state index contributed by atoms with van der Waals surface area (Å²) in [4.78, 5) is 33.3. The first kappa shape index (κ1) is 22.6. The predicted molar refractivity (Wildman–Crippen MR) is 123 cm³/mol. The van der Waals surface area contributed by atoms with Crippen LogP contribution in [0.25, 0.3) is 0 Å². The summed E-state index contributed by atoms with van der Waals surface area (Å²) in [7, 11) is -3.62. The summed E-state index contributed by atoms with van der Waals surface area (Å²) in [5, 5.41) is 5.55. The molecule has 0 radical (unpaired) electrons. The fourth-order valence-electron chi connectivity index (χ4n) is 3.61. The van der Waals surface area contributed by atoms with E-state index in [2.05, 4.69) is 20.6 Å². The number of carbonyl (C=O) groups is 2. The average molecular weight is 466 g/mol. The van der Waals surface area contributed by atoms with Crippen LogP contribution in [0.5, 0.6) is 0 Å². The van der Waals surface area contributed by atoms with Crippen LogP contribution in [0.2, 0.25) is 0 Å². The van der Waals surface area contributed by atoms with Crippen molar-refractivity contribution >= 4 is 33.3 Å². The predicted octanol–water partition coefficient (Wildman–Crippen LogP) is 2.77. The minimum Gasteiger partial charge on any atom is -0.326 e. The van der Waals surface area contributed by atoms with E-state index < -0.39 is 10.0 Å². The third kappa shape index (κ3) is 5.41. The van der Waals surface area contributed by atoms with Gasteiger partial charge in [0.2, 0.25) is 15.9 Å². The Kier molecular flexibility index (Phi) is 6.76. The summed E-state index contributed by atoms with van der Waals surface area (Å²) in [6.07, 6.45) is 5.24. The van der Waals surface area contributed by atoms with E-state index in [4.69, 9.17) is 0 Å². The lowest BCUT2D eigenvalue weighted by atomic mass is 9.97. The van der Waals surface area contributed by atoms with Gasteiger partial charge in [0.1, 0.15) is 10.7 Å². The number of sulfonamides is 1. The van der Waals surface area contributed by atoms with E-state index >= 15 is 0 Å². The number of anilines is 2. The molecule has 1 aromatic carbocycles. The van der Waals surface area contributed by atoms with Crippen molar-refractivity contribution in [3.05, 3.63) is 78.8 Å². The molecule has 4 rings (SSSR count). The standard InChI is InChI=1S/C23H23N5O4S/c29-22(17-9-13-28(14-10-17)33(31,32)20-7-4-11-24-16-20)26-19-6-3-5-18(15-19)23(30)27-21-8-1-2-12-25-21/h1-8,11-12,15-17H,9-10,13-14H2,(H,26,29)(H,25,27,30). The first-order chi connectivity index (χ1) is 15.9. The molecule has 3 aromatic rings. The molecule has 1 aliphatic heterocycles. The molecule has 10 heteroatoms.